The van der Waals surface area contributed by atoms with E-state index in [4.69, 9.17) is 5.11 Å². The monoisotopic (exact) mass is 222 g/mol. The third-order valence-electron chi connectivity index (χ3n) is 2.51. The molecule has 5 heteroatoms. The van der Waals surface area contributed by atoms with Gasteiger partial charge in [0.25, 0.3) is 0 Å². The van der Waals surface area contributed by atoms with Gasteiger partial charge in [-0.2, -0.15) is 0 Å². The van der Waals surface area contributed by atoms with Crippen LogP contribution in [0.15, 0.2) is 24.3 Å². The fourth-order valence-electron chi connectivity index (χ4n) is 1.63. The fraction of sp³-hybridized carbons (Fsp3) is 0.273. The largest absolute Gasteiger partial charge is 0.479 e. The lowest BCUT2D eigenvalue weighted by Crippen LogP contribution is -2.19. The first kappa shape index (κ1) is 10.6. The van der Waals surface area contributed by atoms with Crippen molar-refractivity contribution in [3.8, 4) is 0 Å². The Morgan fingerprint density at radius 1 is 1.56 bits per heavy atom. The molecular formula is C11H11FN2O2. The number of halogens is 1. The second-order valence-corrected chi connectivity index (χ2v) is 3.59. The summed E-state index contributed by atoms with van der Waals surface area (Å²) in [5, 5.41) is 8.50. The number of alkyl halides is 1. The summed E-state index contributed by atoms with van der Waals surface area (Å²) < 4.78 is 14.8. The number of aromatic nitrogens is 2. The van der Waals surface area contributed by atoms with Crippen LogP contribution in [0.1, 0.15) is 5.82 Å². The number of aryl methyl sites for hydroxylation is 1. The van der Waals surface area contributed by atoms with Crippen molar-refractivity contribution in [2.75, 3.05) is 0 Å². The number of rotatable bonds is 3. The Bertz CT molecular complexity index is 536. The predicted octanol–water partition coefficient (Wildman–Crippen LogP) is 1.54. The van der Waals surface area contributed by atoms with Crippen molar-refractivity contribution in [3.05, 3.63) is 30.1 Å². The highest BCUT2D eigenvalue weighted by atomic mass is 19.1. The Morgan fingerprint density at radius 3 is 2.88 bits per heavy atom. The number of aliphatic carboxylic acids is 1. The molecule has 0 amide bonds. The van der Waals surface area contributed by atoms with E-state index in [1.807, 2.05) is 24.3 Å². The van der Waals surface area contributed by atoms with Crippen molar-refractivity contribution >= 4 is 17.0 Å². The van der Waals surface area contributed by atoms with Gasteiger partial charge < -0.3 is 9.67 Å². The number of hydrogen-bond donors (Lipinski definition) is 1. The summed E-state index contributed by atoms with van der Waals surface area (Å²) in [6.45, 7) is 0. The van der Waals surface area contributed by atoms with Gasteiger partial charge in [0.2, 0.25) is 6.17 Å². The molecule has 0 aliphatic carbocycles. The van der Waals surface area contributed by atoms with Crippen molar-refractivity contribution in [1.29, 1.82) is 0 Å². The molecule has 0 bridgehead atoms. The quantitative estimate of drug-likeness (QED) is 0.857. The lowest BCUT2D eigenvalue weighted by Gasteiger charge is -2.03. The number of para-hydroxylation sites is 2. The molecule has 2 rings (SSSR count). The van der Waals surface area contributed by atoms with E-state index in [0.717, 1.165) is 11.0 Å². The topological polar surface area (TPSA) is 55.1 Å². The minimum atomic E-state index is -1.91. The van der Waals surface area contributed by atoms with Crippen LogP contribution in [0.5, 0.6) is 0 Å². The summed E-state index contributed by atoms with van der Waals surface area (Å²) in [5.41, 5.74) is 1.62. The van der Waals surface area contributed by atoms with Gasteiger partial charge in [0, 0.05) is 13.5 Å². The smallest absolute Gasteiger partial charge is 0.338 e. The predicted molar refractivity (Wildman–Crippen MR) is 56.9 cm³/mol. The summed E-state index contributed by atoms with van der Waals surface area (Å²) in [6, 6.07) is 7.37. The van der Waals surface area contributed by atoms with E-state index in [2.05, 4.69) is 4.98 Å². The third-order valence-corrected chi connectivity index (χ3v) is 2.51. The van der Waals surface area contributed by atoms with E-state index >= 15 is 0 Å². The van der Waals surface area contributed by atoms with Gasteiger partial charge in [-0.3, -0.25) is 0 Å². The number of imidazole rings is 1. The Kier molecular flexibility index (Phi) is 2.60. The molecule has 0 aliphatic rings. The summed E-state index contributed by atoms with van der Waals surface area (Å²) >= 11 is 0. The lowest BCUT2D eigenvalue weighted by atomic mass is 10.2. The first-order chi connectivity index (χ1) is 7.59. The average Bonchev–Trinajstić information content (AvgIpc) is 2.56. The summed E-state index contributed by atoms with van der Waals surface area (Å²) in [6.07, 6.45) is -2.11. The molecule has 4 nitrogen and oxygen atoms in total. The van der Waals surface area contributed by atoms with Gasteiger partial charge in [-0.15, -0.1) is 0 Å². The first-order valence-corrected chi connectivity index (χ1v) is 4.87. The maximum absolute atomic E-state index is 13.1. The number of nitrogens with zero attached hydrogens (tertiary/aromatic N) is 2. The van der Waals surface area contributed by atoms with Crippen LogP contribution in [0, 0.1) is 0 Å². The van der Waals surface area contributed by atoms with Crippen LogP contribution < -0.4 is 0 Å². The Balaban J connectivity index is 2.38. The second-order valence-electron chi connectivity index (χ2n) is 3.59. The molecule has 84 valence electrons. The van der Waals surface area contributed by atoms with E-state index in [1.165, 1.54) is 0 Å². The van der Waals surface area contributed by atoms with Crippen LogP contribution in [-0.4, -0.2) is 26.8 Å². The van der Waals surface area contributed by atoms with Crippen LogP contribution in [0.2, 0.25) is 0 Å². The molecule has 0 aliphatic heterocycles. The van der Waals surface area contributed by atoms with Crippen molar-refractivity contribution < 1.29 is 14.3 Å². The van der Waals surface area contributed by atoms with Crippen LogP contribution in [0.25, 0.3) is 11.0 Å². The van der Waals surface area contributed by atoms with Gasteiger partial charge in [0.15, 0.2) is 0 Å². The summed E-state index contributed by atoms with van der Waals surface area (Å²) in [7, 11) is 1.75. The molecule has 1 unspecified atom stereocenters. The van der Waals surface area contributed by atoms with Gasteiger partial charge >= 0.3 is 5.97 Å². The normalized spacial score (nSPS) is 12.9. The fourth-order valence-corrected chi connectivity index (χ4v) is 1.63. The first-order valence-electron chi connectivity index (χ1n) is 4.87. The zero-order valence-corrected chi connectivity index (χ0v) is 8.72. The molecule has 1 N–H and O–H groups in total. The van der Waals surface area contributed by atoms with E-state index < -0.39 is 12.1 Å². The van der Waals surface area contributed by atoms with Crippen molar-refractivity contribution in [3.63, 3.8) is 0 Å². The molecule has 1 heterocycles. The van der Waals surface area contributed by atoms with Gasteiger partial charge in [0.05, 0.1) is 11.0 Å². The van der Waals surface area contributed by atoms with Crippen LogP contribution in [0.4, 0.5) is 4.39 Å². The number of carboxylic acids is 1. The van der Waals surface area contributed by atoms with Gasteiger partial charge in [-0.05, 0) is 12.1 Å². The van der Waals surface area contributed by atoms with E-state index in [1.54, 1.807) is 11.6 Å². The molecule has 16 heavy (non-hydrogen) atoms. The lowest BCUT2D eigenvalue weighted by molar-refractivity contribution is -0.142. The summed E-state index contributed by atoms with van der Waals surface area (Å²) in [4.78, 5) is 14.6. The molecule has 0 radical (unpaired) electrons. The Morgan fingerprint density at radius 2 is 2.25 bits per heavy atom. The second kappa shape index (κ2) is 3.92. The van der Waals surface area contributed by atoms with Crippen molar-refractivity contribution in [2.45, 2.75) is 12.6 Å². The van der Waals surface area contributed by atoms with Crippen LogP contribution >= 0.6 is 0 Å². The number of carboxylic acid groups (broad SMARTS) is 1. The molecule has 1 atom stereocenters. The number of benzene rings is 1. The molecule has 1 aromatic heterocycles. The minimum Gasteiger partial charge on any atom is -0.479 e. The Labute approximate surface area is 91.3 Å². The molecule has 0 spiro atoms. The van der Waals surface area contributed by atoms with Crippen LogP contribution in [0.3, 0.4) is 0 Å². The molecule has 0 saturated heterocycles. The van der Waals surface area contributed by atoms with Crippen LogP contribution in [-0.2, 0) is 18.3 Å². The maximum Gasteiger partial charge on any atom is 0.338 e. The highest BCUT2D eigenvalue weighted by Crippen LogP contribution is 2.15. The van der Waals surface area contributed by atoms with Crippen molar-refractivity contribution in [1.82, 2.24) is 9.55 Å². The molecule has 0 saturated carbocycles. The number of hydrogen-bond acceptors (Lipinski definition) is 2. The maximum atomic E-state index is 13.1. The van der Waals surface area contributed by atoms with E-state index in [-0.39, 0.29) is 6.42 Å². The van der Waals surface area contributed by atoms with Crippen molar-refractivity contribution in [2.24, 2.45) is 7.05 Å². The molecule has 0 fully saturated rings. The summed E-state index contributed by atoms with van der Waals surface area (Å²) in [5.74, 6) is -1.01. The van der Waals surface area contributed by atoms with Gasteiger partial charge in [-0.1, -0.05) is 12.1 Å². The molecule has 2 aromatic rings. The SMILES string of the molecule is Cn1c(CC(F)C(=O)O)nc2ccccc21. The van der Waals surface area contributed by atoms with Gasteiger partial charge in [0.1, 0.15) is 5.82 Å². The standard InChI is InChI=1S/C11H11FN2O2/c1-14-9-5-3-2-4-8(9)13-10(14)6-7(12)11(15)16/h2-5,7H,6H2,1H3,(H,15,16). The minimum absolute atomic E-state index is 0.208. The number of fused-ring (bicyclic) bond motifs is 1. The zero-order valence-electron chi connectivity index (χ0n) is 8.72. The Hall–Kier alpha value is -1.91. The molecule has 1 aromatic carbocycles. The third kappa shape index (κ3) is 1.76. The average molecular weight is 222 g/mol. The molecular weight excluding hydrogens is 211 g/mol. The van der Waals surface area contributed by atoms with E-state index in [0.29, 0.717) is 5.82 Å². The number of carbonyl (C=O) groups is 1. The highest BCUT2D eigenvalue weighted by Gasteiger charge is 2.19. The van der Waals surface area contributed by atoms with Gasteiger partial charge in [-0.25, -0.2) is 14.2 Å². The van der Waals surface area contributed by atoms with E-state index in [9.17, 15) is 9.18 Å². The highest BCUT2D eigenvalue weighted by molar-refractivity contribution is 5.76. The zero-order chi connectivity index (χ0) is 11.7.